The molecule has 2 aliphatic rings. The molecule has 0 amide bonds. The number of nitrogens with one attached hydrogen (secondary N) is 5. The Bertz CT molecular complexity index is 1880. The second-order valence-electron chi connectivity index (χ2n) is 9.77. The molecule has 0 fully saturated rings. The van der Waals surface area contributed by atoms with Crippen molar-refractivity contribution in [1.29, 1.82) is 0 Å². The van der Waals surface area contributed by atoms with Crippen molar-refractivity contribution in [3.63, 3.8) is 0 Å². The average molecular weight is 520 g/mol. The zero-order chi connectivity index (χ0) is 24.3. The molecule has 0 spiro atoms. The van der Waals surface area contributed by atoms with E-state index in [0.29, 0.717) is 0 Å². The number of aromatic amines is 3. The van der Waals surface area contributed by atoms with Gasteiger partial charge in [-0.1, -0.05) is 36.4 Å². The van der Waals surface area contributed by atoms with Gasteiger partial charge in [-0.2, -0.15) is 0 Å². The quantitative estimate of drug-likeness (QED) is 0.210. The summed E-state index contributed by atoms with van der Waals surface area (Å²) in [7, 11) is 0. The SMILES string of the molecule is Cl.c1cc2cc(-c3ccc4cc(-c5ccc6cc(C7=NCCN7)[nH]c6c5)[nH]c4c3)[nH]c2cc1C1=NCCN1. The van der Waals surface area contributed by atoms with Gasteiger partial charge in [0.2, 0.25) is 0 Å². The monoisotopic (exact) mass is 519 g/mol. The highest BCUT2D eigenvalue weighted by molar-refractivity contribution is 6.04. The molecule has 0 aliphatic carbocycles. The topological polar surface area (TPSA) is 96.1 Å². The summed E-state index contributed by atoms with van der Waals surface area (Å²) in [6, 6.07) is 26.2. The number of H-pyrrole nitrogens is 3. The maximum atomic E-state index is 4.55. The van der Waals surface area contributed by atoms with E-state index < -0.39 is 0 Å². The summed E-state index contributed by atoms with van der Waals surface area (Å²) in [5.41, 5.74) is 10.0. The van der Waals surface area contributed by atoms with Gasteiger partial charge in [0.25, 0.3) is 0 Å². The van der Waals surface area contributed by atoms with E-state index in [2.05, 4.69) is 108 Å². The van der Waals surface area contributed by atoms with Crippen molar-refractivity contribution < 1.29 is 0 Å². The third kappa shape index (κ3) is 3.74. The molecule has 2 aliphatic heterocycles. The standard InChI is InChI=1S/C30H25N7.ClH/c1-2-18(25-13-20-5-6-22(16-27(20)36-25)29-31-7-8-32-29)12-23-17(1)11-24(35-23)19-3-4-21-15-28(37-26(21)14-19)30-33-9-10-34-30;/h1-6,11-16,35-37H,7-10H2,(H,31,32)(H,33,34);1H. The smallest absolute Gasteiger partial charge is 0.145 e. The van der Waals surface area contributed by atoms with Gasteiger partial charge in [-0.15, -0.1) is 12.4 Å². The Morgan fingerprint density at radius 2 is 0.921 bits per heavy atom. The molecule has 6 aromatic rings. The number of amidine groups is 2. The van der Waals surface area contributed by atoms with Crippen LogP contribution in [0.4, 0.5) is 0 Å². The molecule has 0 saturated heterocycles. The number of aliphatic imine (C=N–C) groups is 2. The Balaban J connectivity index is 0.00000242. The number of halogens is 1. The van der Waals surface area contributed by atoms with Crippen molar-refractivity contribution in [3.05, 3.63) is 84.1 Å². The van der Waals surface area contributed by atoms with Gasteiger partial charge in [-0.05, 0) is 36.4 Å². The second-order valence-corrected chi connectivity index (χ2v) is 9.77. The van der Waals surface area contributed by atoms with E-state index >= 15 is 0 Å². The lowest BCUT2D eigenvalue weighted by molar-refractivity contribution is 0.959. The number of rotatable bonds is 4. The minimum atomic E-state index is 0. The van der Waals surface area contributed by atoms with Gasteiger partial charge in [0.05, 0.1) is 18.8 Å². The summed E-state index contributed by atoms with van der Waals surface area (Å²) in [5, 5.41) is 10.3. The summed E-state index contributed by atoms with van der Waals surface area (Å²) < 4.78 is 0. The van der Waals surface area contributed by atoms with Crippen molar-refractivity contribution in [2.75, 3.05) is 26.2 Å². The predicted molar refractivity (Wildman–Crippen MR) is 159 cm³/mol. The lowest BCUT2D eigenvalue weighted by Gasteiger charge is -2.02. The van der Waals surface area contributed by atoms with E-state index in [1.807, 2.05) is 0 Å². The van der Waals surface area contributed by atoms with Crippen LogP contribution in [0, 0.1) is 0 Å². The highest BCUT2D eigenvalue weighted by atomic mass is 35.5. The molecular weight excluding hydrogens is 494 g/mol. The van der Waals surface area contributed by atoms with E-state index in [4.69, 9.17) is 0 Å². The molecule has 188 valence electrons. The Kier molecular flexibility index (Phi) is 5.26. The summed E-state index contributed by atoms with van der Waals surface area (Å²) in [4.78, 5) is 19.9. The molecule has 0 saturated carbocycles. The fourth-order valence-corrected chi connectivity index (χ4v) is 5.47. The fourth-order valence-electron chi connectivity index (χ4n) is 5.47. The van der Waals surface area contributed by atoms with Crippen LogP contribution in [0.25, 0.3) is 55.2 Å². The van der Waals surface area contributed by atoms with Gasteiger partial charge in [-0.25, -0.2) is 0 Å². The van der Waals surface area contributed by atoms with Crippen LogP contribution in [0.1, 0.15) is 11.3 Å². The van der Waals surface area contributed by atoms with Crippen LogP contribution >= 0.6 is 12.4 Å². The van der Waals surface area contributed by atoms with Crippen LogP contribution in [0.2, 0.25) is 0 Å². The van der Waals surface area contributed by atoms with E-state index in [9.17, 15) is 0 Å². The van der Waals surface area contributed by atoms with Gasteiger partial charge in [0.1, 0.15) is 11.7 Å². The first-order valence-electron chi connectivity index (χ1n) is 12.7. The number of hydrogen-bond acceptors (Lipinski definition) is 4. The Labute approximate surface area is 224 Å². The van der Waals surface area contributed by atoms with E-state index in [1.165, 1.54) is 16.2 Å². The lowest BCUT2D eigenvalue weighted by atomic mass is 10.1. The molecule has 0 atom stereocenters. The minimum absolute atomic E-state index is 0. The maximum absolute atomic E-state index is 4.55. The van der Waals surface area contributed by atoms with Crippen molar-refractivity contribution in [3.8, 4) is 22.5 Å². The molecule has 0 bridgehead atoms. The fraction of sp³-hybridized carbons (Fsp3) is 0.133. The highest BCUT2D eigenvalue weighted by Gasteiger charge is 2.13. The molecule has 38 heavy (non-hydrogen) atoms. The zero-order valence-corrected chi connectivity index (χ0v) is 21.4. The van der Waals surface area contributed by atoms with Gasteiger partial charge < -0.3 is 25.6 Å². The summed E-state index contributed by atoms with van der Waals surface area (Å²) in [5.74, 6) is 1.93. The molecule has 7 nitrogen and oxygen atoms in total. The average Bonchev–Trinajstić information content (AvgIpc) is 3.75. The molecule has 0 unspecified atom stereocenters. The molecule has 8 rings (SSSR count). The number of aromatic nitrogens is 3. The Hall–Kier alpha value is -4.49. The van der Waals surface area contributed by atoms with E-state index in [1.54, 1.807) is 0 Å². The first-order valence-corrected chi connectivity index (χ1v) is 12.7. The van der Waals surface area contributed by atoms with E-state index in [0.717, 1.165) is 88.2 Å². The maximum Gasteiger partial charge on any atom is 0.145 e. The predicted octanol–water partition coefficient (Wildman–Crippen LogP) is 5.59. The van der Waals surface area contributed by atoms with Crippen molar-refractivity contribution in [1.82, 2.24) is 25.6 Å². The van der Waals surface area contributed by atoms with Crippen molar-refractivity contribution in [2.24, 2.45) is 9.98 Å². The summed E-state index contributed by atoms with van der Waals surface area (Å²) in [6.07, 6.45) is 0. The molecule has 3 aromatic carbocycles. The van der Waals surface area contributed by atoms with Crippen molar-refractivity contribution >= 4 is 56.8 Å². The number of nitrogens with zero attached hydrogens (tertiary/aromatic N) is 2. The summed E-state index contributed by atoms with van der Waals surface area (Å²) >= 11 is 0. The third-order valence-corrected chi connectivity index (χ3v) is 7.37. The molecule has 8 heteroatoms. The first-order chi connectivity index (χ1) is 18.3. The third-order valence-electron chi connectivity index (χ3n) is 7.37. The number of benzene rings is 3. The number of fused-ring (bicyclic) bond motifs is 3. The normalized spacial score (nSPS) is 14.9. The van der Waals surface area contributed by atoms with Gasteiger partial charge in [0.15, 0.2) is 0 Å². The molecular formula is C30H26ClN7. The molecule has 0 radical (unpaired) electrons. The van der Waals surface area contributed by atoms with Gasteiger partial charge in [-0.3, -0.25) is 9.98 Å². The van der Waals surface area contributed by atoms with Gasteiger partial charge >= 0.3 is 0 Å². The second kappa shape index (κ2) is 8.82. The van der Waals surface area contributed by atoms with Crippen LogP contribution in [0.3, 0.4) is 0 Å². The molecule has 5 heterocycles. The number of hydrogen-bond donors (Lipinski definition) is 5. The zero-order valence-electron chi connectivity index (χ0n) is 20.6. The van der Waals surface area contributed by atoms with Crippen LogP contribution in [0.15, 0.2) is 82.8 Å². The molecule has 3 aromatic heterocycles. The van der Waals surface area contributed by atoms with Gasteiger partial charge in [0, 0.05) is 73.9 Å². The highest BCUT2D eigenvalue weighted by Crippen LogP contribution is 2.31. The van der Waals surface area contributed by atoms with Crippen molar-refractivity contribution in [2.45, 2.75) is 0 Å². The van der Waals surface area contributed by atoms with E-state index in [-0.39, 0.29) is 12.4 Å². The van der Waals surface area contributed by atoms with Crippen LogP contribution in [0.5, 0.6) is 0 Å². The minimum Gasteiger partial charge on any atom is -0.368 e. The Morgan fingerprint density at radius 1 is 0.474 bits per heavy atom. The largest absolute Gasteiger partial charge is 0.368 e. The lowest BCUT2D eigenvalue weighted by Crippen LogP contribution is -2.19. The Morgan fingerprint density at radius 3 is 1.45 bits per heavy atom. The molecule has 5 N–H and O–H groups in total. The van der Waals surface area contributed by atoms with Crippen LogP contribution in [-0.2, 0) is 0 Å². The first kappa shape index (κ1) is 22.7. The van der Waals surface area contributed by atoms with Crippen LogP contribution in [-0.4, -0.2) is 52.8 Å². The summed E-state index contributed by atoms with van der Waals surface area (Å²) in [6.45, 7) is 3.49. The van der Waals surface area contributed by atoms with Crippen LogP contribution < -0.4 is 10.6 Å².